The maximum Gasteiger partial charge on any atom is 0.418 e. The fourth-order valence-corrected chi connectivity index (χ4v) is 3.43. The van der Waals surface area contributed by atoms with Gasteiger partial charge in [-0.25, -0.2) is 8.42 Å². The predicted molar refractivity (Wildman–Crippen MR) is 61.6 cm³/mol. The van der Waals surface area contributed by atoms with E-state index in [9.17, 15) is 21.6 Å². The molecule has 0 saturated carbocycles. The van der Waals surface area contributed by atoms with E-state index in [0.29, 0.717) is 6.42 Å². The Kier molecular flexibility index (Phi) is 2.92. The number of anilines is 2. The van der Waals surface area contributed by atoms with Crippen LogP contribution in [-0.2, 0) is 16.2 Å². The summed E-state index contributed by atoms with van der Waals surface area (Å²) in [5, 5.41) is 0. The Morgan fingerprint density at radius 1 is 1.28 bits per heavy atom. The van der Waals surface area contributed by atoms with Crippen molar-refractivity contribution < 1.29 is 21.6 Å². The number of rotatable bonds is 1. The summed E-state index contributed by atoms with van der Waals surface area (Å²) in [6.45, 7) is 0.198. The van der Waals surface area contributed by atoms with Gasteiger partial charge in [0.2, 0.25) is 10.0 Å². The number of halogens is 3. The maximum atomic E-state index is 12.7. The molecule has 1 aromatic carbocycles. The number of nitrogen functional groups attached to an aromatic ring is 1. The van der Waals surface area contributed by atoms with E-state index in [1.165, 1.54) is 6.07 Å². The fourth-order valence-electron chi connectivity index (χ4n) is 1.87. The lowest BCUT2D eigenvalue weighted by atomic mass is 10.1. The lowest BCUT2D eigenvalue weighted by Crippen LogP contribution is -2.25. The molecule has 1 fully saturated rings. The second kappa shape index (κ2) is 4.04. The topological polar surface area (TPSA) is 63.4 Å². The van der Waals surface area contributed by atoms with Crippen molar-refractivity contribution in [1.29, 1.82) is 0 Å². The number of nitrogens with zero attached hydrogens (tertiary/aromatic N) is 1. The molecule has 100 valence electrons. The average molecular weight is 280 g/mol. The normalized spacial score (nSPS) is 19.2. The highest BCUT2D eigenvalue weighted by atomic mass is 32.2. The Labute approximate surface area is 102 Å². The van der Waals surface area contributed by atoms with Gasteiger partial charge in [0.05, 0.1) is 17.0 Å². The summed E-state index contributed by atoms with van der Waals surface area (Å²) in [5.41, 5.74) is 3.84. The molecular formula is C10H11F3N2O2S. The molecule has 1 aliphatic rings. The highest BCUT2D eigenvalue weighted by Gasteiger charge is 2.35. The van der Waals surface area contributed by atoms with E-state index in [4.69, 9.17) is 5.73 Å². The third-order valence-electron chi connectivity index (χ3n) is 2.73. The van der Waals surface area contributed by atoms with E-state index >= 15 is 0 Å². The van der Waals surface area contributed by atoms with Crippen molar-refractivity contribution in [3.05, 3.63) is 23.8 Å². The van der Waals surface area contributed by atoms with Gasteiger partial charge in [-0.1, -0.05) is 0 Å². The zero-order valence-corrected chi connectivity index (χ0v) is 10.1. The van der Waals surface area contributed by atoms with Gasteiger partial charge in [-0.15, -0.1) is 0 Å². The summed E-state index contributed by atoms with van der Waals surface area (Å²) in [6.07, 6.45) is -4.18. The molecule has 2 N–H and O–H groups in total. The largest absolute Gasteiger partial charge is 0.418 e. The monoisotopic (exact) mass is 280 g/mol. The van der Waals surface area contributed by atoms with Crippen molar-refractivity contribution in [2.24, 2.45) is 0 Å². The quantitative estimate of drug-likeness (QED) is 0.798. The van der Waals surface area contributed by atoms with E-state index < -0.39 is 27.5 Å². The summed E-state index contributed by atoms with van der Waals surface area (Å²) < 4.78 is 62.2. The van der Waals surface area contributed by atoms with E-state index in [1.54, 1.807) is 0 Å². The summed E-state index contributed by atoms with van der Waals surface area (Å²) in [4.78, 5) is 0. The second-order valence-corrected chi connectivity index (χ2v) is 6.02. The van der Waals surface area contributed by atoms with Crippen molar-refractivity contribution in [3.63, 3.8) is 0 Å². The molecule has 0 aromatic heterocycles. The molecule has 0 radical (unpaired) electrons. The van der Waals surface area contributed by atoms with Crippen LogP contribution >= 0.6 is 0 Å². The summed E-state index contributed by atoms with van der Waals surface area (Å²) >= 11 is 0. The second-order valence-electron chi connectivity index (χ2n) is 4.01. The van der Waals surface area contributed by atoms with Crippen LogP contribution in [0, 0.1) is 0 Å². The van der Waals surface area contributed by atoms with Gasteiger partial charge >= 0.3 is 6.18 Å². The van der Waals surface area contributed by atoms with Crippen molar-refractivity contribution in [2.45, 2.75) is 12.6 Å². The fraction of sp³-hybridized carbons (Fsp3) is 0.400. The van der Waals surface area contributed by atoms with E-state index in [0.717, 1.165) is 16.4 Å². The zero-order valence-electron chi connectivity index (χ0n) is 9.24. The van der Waals surface area contributed by atoms with Gasteiger partial charge in [0, 0.05) is 12.2 Å². The molecule has 18 heavy (non-hydrogen) atoms. The molecule has 0 unspecified atom stereocenters. The van der Waals surface area contributed by atoms with Gasteiger partial charge < -0.3 is 5.73 Å². The molecule has 2 rings (SSSR count). The molecule has 0 atom stereocenters. The molecule has 0 amide bonds. The zero-order chi connectivity index (χ0) is 13.6. The Morgan fingerprint density at radius 2 is 1.94 bits per heavy atom. The van der Waals surface area contributed by atoms with Crippen molar-refractivity contribution in [1.82, 2.24) is 0 Å². The van der Waals surface area contributed by atoms with Crippen LogP contribution in [0.1, 0.15) is 12.0 Å². The van der Waals surface area contributed by atoms with E-state index in [2.05, 4.69) is 0 Å². The average Bonchev–Trinajstić information content (AvgIpc) is 2.57. The number of benzene rings is 1. The van der Waals surface area contributed by atoms with Gasteiger partial charge in [-0.2, -0.15) is 13.2 Å². The molecule has 4 nitrogen and oxygen atoms in total. The van der Waals surface area contributed by atoms with Crippen LogP contribution in [0.15, 0.2) is 18.2 Å². The number of hydrogen-bond acceptors (Lipinski definition) is 3. The first-order chi connectivity index (χ1) is 8.22. The Balaban J connectivity index is 2.48. The van der Waals surface area contributed by atoms with Gasteiger partial charge in [-0.05, 0) is 24.6 Å². The van der Waals surface area contributed by atoms with Gasteiger partial charge in [0.25, 0.3) is 0 Å². The molecule has 1 heterocycles. The molecule has 0 spiro atoms. The molecule has 1 aliphatic heterocycles. The third-order valence-corrected chi connectivity index (χ3v) is 4.60. The Hall–Kier alpha value is -1.44. The van der Waals surface area contributed by atoms with Gasteiger partial charge in [0.1, 0.15) is 0 Å². The van der Waals surface area contributed by atoms with Crippen LogP contribution in [0.4, 0.5) is 24.5 Å². The van der Waals surface area contributed by atoms with Crippen molar-refractivity contribution in [3.8, 4) is 0 Å². The van der Waals surface area contributed by atoms with Crippen LogP contribution in [-0.4, -0.2) is 20.7 Å². The highest BCUT2D eigenvalue weighted by molar-refractivity contribution is 7.93. The standard InChI is InChI=1S/C10H11F3N2O2S/c11-10(12,13)8-6-7(2-3-9(8)14)15-4-1-5-18(15,16)17/h2-3,6H,1,4-5,14H2. The van der Waals surface area contributed by atoms with E-state index in [-0.39, 0.29) is 18.0 Å². The van der Waals surface area contributed by atoms with Crippen molar-refractivity contribution >= 4 is 21.4 Å². The van der Waals surface area contributed by atoms with Crippen LogP contribution in [0.2, 0.25) is 0 Å². The number of hydrogen-bond donors (Lipinski definition) is 1. The first-order valence-electron chi connectivity index (χ1n) is 5.19. The van der Waals surface area contributed by atoms with Gasteiger partial charge in [0.15, 0.2) is 0 Å². The minimum atomic E-state index is -4.59. The number of alkyl halides is 3. The molecular weight excluding hydrogens is 269 g/mol. The van der Waals surface area contributed by atoms with Crippen LogP contribution < -0.4 is 10.0 Å². The summed E-state index contributed by atoms with van der Waals surface area (Å²) in [5.74, 6) is -0.0429. The van der Waals surface area contributed by atoms with Crippen LogP contribution in [0.25, 0.3) is 0 Å². The SMILES string of the molecule is Nc1ccc(N2CCCS2(=O)=O)cc1C(F)(F)F. The number of sulfonamides is 1. The summed E-state index contributed by atoms with van der Waals surface area (Å²) in [6, 6.07) is 3.14. The van der Waals surface area contributed by atoms with Crippen molar-refractivity contribution in [2.75, 3.05) is 22.3 Å². The molecule has 8 heteroatoms. The maximum absolute atomic E-state index is 12.7. The lowest BCUT2D eigenvalue weighted by molar-refractivity contribution is -0.136. The number of nitrogens with two attached hydrogens (primary N) is 1. The Morgan fingerprint density at radius 3 is 2.44 bits per heavy atom. The highest BCUT2D eigenvalue weighted by Crippen LogP contribution is 2.37. The smallest absolute Gasteiger partial charge is 0.398 e. The van der Waals surface area contributed by atoms with Crippen LogP contribution in [0.3, 0.4) is 0 Å². The summed E-state index contributed by atoms with van der Waals surface area (Å²) in [7, 11) is -3.49. The molecule has 1 aromatic rings. The predicted octanol–water partition coefficient (Wildman–Crippen LogP) is 1.83. The Bertz CT molecular complexity index is 569. The minimum absolute atomic E-state index is 0.00836. The first-order valence-corrected chi connectivity index (χ1v) is 6.80. The third kappa shape index (κ3) is 2.24. The molecule has 0 bridgehead atoms. The van der Waals surface area contributed by atoms with Gasteiger partial charge in [-0.3, -0.25) is 4.31 Å². The molecule has 1 saturated heterocycles. The van der Waals surface area contributed by atoms with E-state index in [1.807, 2.05) is 0 Å². The minimum Gasteiger partial charge on any atom is -0.398 e. The first kappa shape index (κ1) is 13.0. The van der Waals surface area contributed by atoms with Crippen LogP contribution in [0.5, 0.6) is 0 Å². The molecule has 0 aliphatic carbocycles. The lowest BCUT2D eigenvalue weighted by Gasteiger charge is -2.19.